The molecule has 5 nitrogen and oxygen atoms in total. The number of amides is 1. The van der Waals surface area contributed by atoms with Crippen LogP contribution in [0.15, 0.2) is 48.5 Å². The van der Waals surface area contributed by atoms with Crippen LogP contribution < -0.4 is 9.62 Å². The number of nitrogens with zero attached hydrogens (tertiary/aromatic N) is 1. The van der Waals surface area contributed by atoms with Crippen molar-refractivity contribution in [1.82, 2.24) is 0 Å². The van der Waals surface area contributed by atoms with Crippen molar-refractivity contribution < 1.29 is 13.2 Å². The molecule has 0 aliphatic carbocycles. The summed E-state index contributed by atoms with van der Waals surface area (Å²) >= 11 is 0. The zero-order valence-electron chi connectivity index (χ0n) is 14.4. The predicted molar refractivity (Wildman–Crippen MR) is 100 cm³/mol. The highest BCUT2D eigenvalue weighted by Crippen LogP contribution is 2.32. The van der Waals surface area contributed by atoms with Gasteiger partial charge in [0.05, 0.1) is 5.75 Å². The minimum absolute atomic E-state index is 0.0602. The second-order valence-corrected chi connectivity index (χ2v) is 8.31. The minimum Gasteiger partial charge on any atom is -0.312 e. The van der Waals surface area contributed by atoms with Crippen LogP contribution in [0, 0.1) is 5.92 Å². The van der Waals surface area contributed by atoms with E-state index in [-0.39, 0.29) is 17.6 Å². The molecule has 3 rings (SSSR count). The van der Waals surface area contributed by atoms with E-state index in [9.17, 15) is 13.2 Å². The van der Waals surface area contributed by atoms with Crippen molar-refractivity contribution in [3.8, 4) is 0 Å². The molecule has 0 aromatic heterocycles. The molecule has 0 unspecified atom stereocenters. The van der Waals surface area contributed by atoms with Crippen molar-refractivity contribution in [2.75, 3.05) is 16.2 Å². The molecule has 0 spiro atoms. The first-order chi connectivity index (χ1) is 11.9. The lowest BCUT2D eigenvalue weighted by atomic mass is 10.1. The lowest BCUT2D eigenvalue weighted by Gasteiger charge is -2.19. The third kappa shape index (κ3) is 4.02. The van der Waals surface area contributed by atoms with Gasteiger partial charge < -0.3 is 4.90 Å². The highest BCUT2D eigenvalue weighted by Gasteiger charge is 2.26. The molecule has 1 heterocycles. The normalized spacial score (nSPS) is 13.8. The smallest absolute Gasteiger partial charge is 0.236 e. The molecule has 0 radical (unpaired) electrons. The fourth-order valence-electron chi connectivity index (χ4n) is 3.02. The SMILES string of the molecule is CC(C)C(=O)N1CCc2cc(NS(=O)(=O)Cc3ccccc3)ccc21. The van der Waals surface area contributed by atoms with Gasteiger partial charge in [0.1, 0.15) is 0 Å². The highest BCUT2D eigenvalue weighted by molar-refractivity contribution is 7.91. The van der Waals surface area contributed by atoms with E-state index in [2.05, 4.69) is 4.72 Å². The van der Waals surface area contributed by atoms with Crippen molar-refractivity contribution in [3.05, 3.63) is 59.7 Å². The molecule has 132 valence electrons. The van der Waals surface area contributed by atoms with Crippen molar-refractivity contribution in [3.63, 3.8) is 0 Å². The number of carbonyl (C=O) groups is 1. The van der Waals surface area contributed by atoms with Crippen LogP contribution in [0.4, 0.5) is 11.4 Å². The van der Waals surface area contributed by atoms with E-state index in [0.717, 1.165) is 23.2 Å². The Hall–Kier alpha value is -2.34. The number of carbonyl (C=O) groups excluding carboxylic acids is 1. The first kappa shape index (κ1) is 17.5. The topological polar surface area (TPSA) is 66.5 Å². The molecule has 2 aromatic carbocycles. The quantitative estimate of drug-likeness (QED) is 0.893. The Balaban J connectivity index is 1.76. The van der Waals surface area contributed by atoms with Gasteiger partial charge in [-0.3, -0.25) is 9.52 Å². The Kier molecular flexibility index (Phi) is 4.81. The maximum absolute atomic E-state index is 12.4. The Morgan fingerprint density at radius 3 is 2.56 bits per heavy atom. The Labute approximate surface area is 148 Å². The van der Waals surface area contributed by atoms with E-state index >= 15 is 0 Å². The number of rotatable bonds is 5. The molecule has 6 heteroatoms. The number of nitrogens with one attached hydrogen (secondary N) is 1. The summed E-state index contributed by atoms with van der Waals surface area (Å²) in [7, 11) is -3.48. The monoisotopic (exact) mass is 358 g/mol. The standard InChI is InChI=1S/C19H22N2O3S/c1-14(2)19(22)21-11-10-16-12-17(8-9-18(16)21)20-25(23,24)13-15-6-4-3-5-7-15/h3-9,12,14,20H,10-11,13H2,1-2H3. The molecular formula is C19H22N2O3S. The molecule has 0 bridgehead atoms. The van der Waals surface area contributed by atoms with E-state index in [1.807, 2.05) is 44.2 Å². The van der Waals surface area contributed by atoms with Crippen molar-refractivity contribution >= 4 is 27.3 Å². The molecule has 0 saturated heterocycles. The number of anilines is 2. The van der Waals surface area contributed by atoms with E-state index < -0.39 is 10.0 Å². The van der Waals surface area contributed by atoms with Crippen molar-refractivity contribution in [2.45, 2.75) is 26.0 Å². The maximum Gasteiger partial charge on any atom is 0.236 e. The third-order valence-electron chi connectivity index (χ3n) is 4.21. The number of hydrogen-bond acceptors (Lipinski definition) is 3. The largest absolute Gasteiger partial charge is 0.312 e. The fourth-order valence-corrected chi connectivity index (χ4v) is 4.20. The average molecular weight is 358 g/mol. The van der Waals surface area contributed by atoms with Crippen LogP contribution >= 0.6 is 0 Å². The summed E-state index contributed by atoms with van der Waals surface area (Å²) in [6.45, 7) is 4.41. The number of fused-ring (bicyclic) bond motifs is 1. The van der Waals surface area contributed by atoms with E-state index in [1.165, 1.54) is 0 Å². The first-order valence-corrected chi connectivity index (χ1v) is 10.00. The fraction of sp³-hybridized carbons (Fsp3) is 0.316. The Bertz CT molecular complexity index is 877. The van der Waals surface area contributed by atoms with Crippen LogP contribution in [-0.4, -0.2) is 20.9 Å². The molecular weight excluding hydrogens is 336 g/mol. The van der Waals surface area contributed by atoms with Gasteiger partial charge in [-0.05, 0) is 35.7 Å². The number of hydrogen-bond donors (Lipinski definition) is 1. The Morgan fingerprint density at radius 1 is 1.16 bits per heavy atom. The highest BCUT2D eigenvalue weighted by atomic mass is 32.2. The van der Waals surface area contributed by atoms with Crippen LogP contribution in [0.2, 0.25) is 0 Å². The van der Waals surface area contributed by atoms with E-state index in [0.29, 0.717) is 12.2 Å². The summed E-state index contributed by atoms with van der Waals surface area (Å²) < 4.78 is 27.3. The summed E-state index contributed by atoms with van der Waals surface area (Å²) in [5.41, 5.74) is 3.15. The number of benzene rings is 2. The van der Waals surface area contributed by atoms with Gasteiger partial charge in [-0.15, -0.1) is 0 Å². The maximum atomic E-state index is 12.4. The summed E-state index contributed by atoms with van der Waals surface area (Å²) in [5.74, 6) is -0.0331. The zero-order valence-corrected chi connectivity index (χ0v) is 15.2. The zero-order chi connectivity index (χ0) is 18.0. The minimum atomic E-state index is -3.48. The van der Waals surface area contributed by atoms with Crippen molar-refractivity contribution in [1.29, 1.82) is 0 Å². The van der Waals surface area contributed by atoms with Crippen molar-refractivity contribution in [2.24, 2.45) is 5.92 Å². The summed E-state index contributed by atoms with van der Waals surface area (Å²) in [6.07, 6.45) is 0.738. The van der Waals surface area contributed by atoms with Gasteiger partial charge in [0.15, 0.2) is 0 Å². The average Bonchev–Trinajstić information content (AvgIpc) is 2.97. The van der Waals surface area contributed by atoms with E-state index in [1.54, 1.807) is 23.1 Å². The molecule has 1 N–H and O–H groups in total. The van der Waals surface area contributed by atoms with Crippen LogP contribution in [0.5, 0.6) is 0 Å². The van der Waals surface area contributed by atoms with Gasteiger partial charge in [0, 0.05) is 23.8 Å². The van der Waals surface area contributed by atoms with Gasteiger partial charge >= 0.3 is 0 Å². The van der Waals surface area contributed by atoms with E-state index in [4.69, 9.17) is 0 Å². The van der Waals surface area contributed by atoms with Crippen LogP contribution in [0.25, 0.3) is 0 Å². The second kappa shape index (κ2) is 6.88. The summed E-state index contributed by atoms with van der Waals surface area (Å²) in [5, 5.41) is 0. The lowest BCUT2D eigenvalue weighted by Crippen LogP contribution is -2.32. The molecule has 1 aliphatic rings. The molecule has 2 aromatic rings. The first-order valence-electron chi connectivity index (χ1n) is 8.34. The van der Waals surface area contributed by atoms with Crippen LogP contribution in [0.3, 0.4) is 0 Å². The Morgan fingerprint density at radius 2 is 1.88 bits per heavy atom. The number of sulfonamides is 1. The second-order valence-electron chi connectivity index (χ2n) is 6.58. The summed E-state index contributed by atoms with van der Waals surface area (Å²) in [4.78, 5) is 14.0. The van der Waals surface area contributed by atoms with Crippen LogP contribution in [0.1, 0.15) is 25.0 Å². The van der Waals surface area contributed by atoms with Gasteiger partial charge in [-0.1, -0.05) is 44.2 Å². The molecule has 0 atom stereocenters. The van der Waals surface area contributed by atoms with Crippen LogP contribution in [-0.2, 0) is 27.0 Å². The van der Waals surface area contributed by atoms with Gasteiger partial charge in [-0.2, -0.15) is 0 Å². The molecule has 0 saturated carbocycles. The molecule has 1 amide bonds. The van der Waals surface area contributed by atoms with Gasteiger partial charge in [0.25, 0.3) is 0 Å². The summed E-state index contributed by atoms with van der Waals surface area (Å²) in [6, 6.07) is 14.4. The third-order valence-corrected chi connectivity index (χ3v) is 5.47. The van der Waals surface area contributed by atoms with Gasteiger partial charge in [0.2, 0.25) is 15.9 Å². The molecule has 0 fully saturated rings. The predicted octanol–water partition coefficient (Wildman–Crippen LogP) is 3.17. The molecule has 1 aliphatic heterocycles. The molecule has 25 heavy (non-hydrogen) atoms. The van der Waals surface area contributed by atoms with Gasteiger partial charge in [-0.25, -0.2) is 8.42 Å². The lowest BCUT2D eigenvalue weighted by molar-refractivity contribution is -0.121.